The minimum atomic E-state index is 0.655. The number of nitrogens with one attached hydrogen (secondary N) is 1. The lowest BCUT2D eigenvalue weighted by molar-refractivity contribution is -0.352. The maximum atomic E-state index is 8.77. The van der Waals surface area contributed by atoms with Gasteiger partial charge in [-0.3, -0.25) is 0 Å². The van der Waals surface area contributed by atoms with Gasteiger partial charge in [0.1, 0.15) is 10.4 Å². The standard InChI is InChI=1S/C23H25N3OS/c24-14-3-4-15-26(17-19-7-8-19)16-13-18-9-11-20(12-10-18)27-23-25-21-5-1-2-6-22(21)28-23/h1-2,5-6,9-12,19H,3-4,7-8,13,15-17H2/p+1. The van der Waals surface area contributed by atoms with Crippen molar-refractivity contribution in [2.75, 3.05) is 19.6 Å². The van der Waals surface area contributed by atoms with Crippen molar-refractivity contribution in [3.8, 4) is 17.0 Å². The molecule has 1 fully saturated rings. The zero-order valence-electron chi connectivity index (χ0n) is 16.1. The summed E-state index contributed by atoms with van der Waals surface area (Å²) in [7, 11) is 0. The summed E-state index contributed by atoms with van der Waals surface area (Å²) in [6.45, 7) is 3.29. The van der Waals surface area contributed by atoms with Crippen LogP contribution in [0.2, 0.25) is 0 Å². The highest BCUT2D eigenvalue weighted by Crippen LogP contribution is 2.30. The second-order valence-corrected chi connectivity index (χ2v) is 8.53. The van der Waals surface area contributed by atoms with Crippen LogP contribution in [0.1, 0.15) is 31.2 Å². The Morgan fingerprint density at radius 3 is 2.68 bits per heavy atom. The molecule has 0 atom stereocenters. The smallest absolute Gasteiger partial charge is 0.397 e. The lowest BCUT2D eigenvalue weighted by Crippen LogP contribution is -2.29. The quantitative estimate of drug-likeness (QED) is 0.453. The average molecular weight is 393 g/mol. The molecule has 1 saturated carbocycles. The van der Waals surface area contributed by atoms with Gasteiger partial charge in [0.15, 0.2) is 0 Å². The number of ether oxygens (including phenoxy) is 1. The first kappa shape index (κ1) is 18.9. The number of H-pyrrole nitrogens is 1. The lowest BCUT2D eigenvalue weighted by Gasteiger charge is -2.21. The van der Waals surface area contributed by atoms with Crippen molar-refractivity contribution in [1.82, 2.24) is 4.90 Å². The Labute approximate surface area is 170 Å². The van der Waals surface area contributed by atoms with Gasteiger partial charge in [0.2, 0.25) is 5.52 Å². The summed E-state index contributed by atoms with van der Waals surface area (Å²) in [5, 5.41) is 9.58. The molecule has 4 rings (SSSR count). The van der Waals surface area contributed by atoms with Crippen LogP contribution in [0.3, 0.4) is 0 Å². The topological polar surface area (TPSA) is 50.4 Å². The molecule has 0 radical (unpaired) electrons. The van der Waals surface area contributed by atoms with Gasteiger partial charge in [-0.2, -0.15) is 10.2 Å². The zero-order valence-corrected chi connectivity index (χ0v) is 16.9. The minimum Gasteiger partial charge on any atom is -0.397 e. The SMILES string of the molecule is N#CCCCN(CCc1ccc(Oc2[nH+]c3ccccc3s2)cc1)CC1CC1. The summed E-state index contributed by atoms with van der Waals surface area (Å²) in [6, 6.07) is 18.9. The Balaban J connectivity index is 1.31. The number of fused-ring (bicyclic) bond motifs is 1. The van der Waals surface area contributed by atoms with E-state index >= 15 is 0 Å². The largest absolute Gasteiger partial charge is 0.435 e. The van der Waals surface area contributed by atoms with Crippen molar-refractivity contribution in [2.45, 2.75) is 32.1 Å². The van der Waals surface area contributed by atoms with Crippen LogP contribution in [-0.2, 0) is 6.42 Å². The molecular weight excluding hydrogens is 366 g/mol. The predicted octanol–water partition coefficient (Wildman–Crippen LogP) is 5.07. The number of aromatic nitrogens is 1. The molecule has 0 spiro atoms. The van der Waals surface area contributed by atoms with E-state index in [4.69, 9.17) is 10.00 Å². The van der Waals surface area contributed by atoms with Crippen LogP contribution in [0.15, 0.2) is 48.5 Å². The molecule has 0 aliphatic heterocycles. The van der Waals surface area contributed by atoms with Crippen LogP contribution >= 0.6 is 11.3 Å². The van der Waals surface area contributed by atoms with Crippen LogP contribution in [0, 0.1) is 17.2 Å². The highest BCUT2D eigenvalue weighted by Gasteiger charge is 2.23. The second-order valence-electron chi connectivity index (χ2n) is 7.51. The van der Waals surface area contributed by atoms with E-state index in [2.05, 4.69) is 52.4 Å². The van der Waals surface area contributed by atoms with Gasteiger partial charge in [0, 0.05) is 25.6 Å². The van der Waals surface area contributed by atoms with Crippen LogP contribution in [0.5, 0.6) is 10.9 Å². The van der Waals surface area contributed by atoms with Crippen molar-refractivity contribution in [2.24, 2.45) is 5.92 Å². The zero-order chi connectivity index (χ0) is 19.2. The highest BCUT2D eigenvalue weighted by molar-refractivity contribution is 7.19. The van der Waals surface area contributed by atoms with E-state index in [0.717, 1.165) is 48.3 Å². The van der Waals surface area contributed by atoms with Gasteiger partial charge < -0.3 is 9.64 Å². The van der Waals surface area contributed by atoms with Crippen molar-refractivity contribution in [3.63, 3.8) is 0 Å². The monoisotopic (exact) mass is 392 g/mol. The molecule has 5 heteroatoms. The van der Waals surface area contributed by atoms with E-state index in [-0.39, 0.29) is 0 Å². The number of aromatic amines is 1. The normalized spacial score (nSPS) is 13.7. The molecule has 1 aliphatic rings. The number of unbranched alkanes of at least 4 members (excludes halogenated alkanes) is 1. The average Bonchev–Trinajstić information content (AvgIpc) is 3.43. The van der Waals surface area contributed by atoms with Crippen LogP contribution in [0.25, 0.3) is 10.2 Å². The molecule has 4 nitrogen and oxygen atoms in total. The van der Waals surface area contributed by atoms with E-state index < -0.39 is 0 Å². The van der Waals surface area contributed by atoms with Crippen molar-refractivity contribution in [1.29, 1.82) is 5.26 Å². The molecule has 0 unspecified atom stereocenters. The fourth-order valence-electron chi connectivity index (χ4n) is 3.40. The van der Waals surface area contributed by atoms with Crippen LogP contribution in [0.4, 0.5) is 0 Å². The number of nitriles is 1. The van der Waals surface area contributed by atoms with Gasteiger partial charge >= 0.3 is 5.19 Å². The second kappa shape index (κ2) is 9.18. The van der Waals surface area contributed by atoms with Crippen molar-refractivity contribution >= 4 is 21.6 Å². The third-order valence-electron chi connectivity index (χ3n) is 5.15. The van der Waals surface area contributed by atoms with E-state index in [1.54, 1.807) is 11.3 Å². The number of benzene rings is 2. The van der Waals surface area contributed by atoms with Gasteiger partial charge in [-0.1, -0.05) is 24.3 Å². The molecule has 0 bridgehead atoms. The molecule has 1 aromatic heterocycles. The Kier molecular flexibility index (Phi) is 6.20. The number of hydrogen-bond donors (Lipinski definition) is 0. The number of nitrogens with zero attached hydrogens (tertiary/aromatic N) is 2. The van der Waals surface area contributed by atoms with E-state index in [0.29, 0.717) is 6.42 Å². The molecule has 2 aromatic carbocycles. The van der Waals surface area contributed by atoms with E-state index in [1.165, 1.54) is 29.6 Å². The van der Waals surface area contributed by atoms with E-state index in [1.807, 2.05) is 12.1 Å². The van der Waals surface area contributed by atoms with Crippen molar-refractivity contribution < 1.29 is 9.72 Å². The van der Waals surface area contributed by atoms with Gasteiger partial charge in [-0.15, -0.1) is 0 Å². The Bertz CT molecular complexity index is 907. The molecular formula is C23H26N3OS+. The maximum Gasteiger partial charge on any atom is 0.435 e. The fourth-order valence-corrected chi connectivity index (χ4v) is 4.27. The summed E-state index contributed by atoms with van der Waals surface area (Å²) in [5.74, 6) is 1.74. The van der Waals surface area contributed by atoms with Crippen LogP contribution in [-0.4, -0.2) is 24.5 Å². The van der Waals surface area contributed by atoms with E-state index in [9.17, 15) is 0 Å². The number of thiazole rings is 1. The third-order valence-corrected chi connectivity index (χ3v) is 6.10. The minimum absolute atomic E-state index is 0.655. The molecule has 0 saturated heterocycles. The molecule has 0 amide bonds. The number of para-hydroxylation sites is 1. The predicted molar refractivity (Wildman–Crippen MR) is 113 cm³/mol. The number of hydrogen-bond acceptors (Lipinski definition) is 4. The maximum absolute atomic E-state index is 8.77. The molecule has 1 heterocycles. The highest BCUT2D eigenvalue weighted by atomic mass is 32.1. The summed E-state index contributed by atoms with van der Waals surface area (Å²) in [5.41, 5.74) is 2.43. The third kappa shape index (κ3) is 5.31. The summed E-state index contributed by atoms with van der Waals surface area (Å²) < 4.78 is 7.19. The summed E-state index contributed by atoms with van der Waals surface area (Å²) in [4.78, 5) is 5.85. The summed E-state index contributed by atoms with van der Waals surface area (Å²) in [6.07, 6.45) is 5.41. The molecule has 144 valence electrons. The van der Waals surface area contributed by atoms with Crippen molar-refractivity contribution in [3.05, 3.63) is 54.1 Å². The molecule has 1 N–H and O–H groups in total. The molecule has 1 aliphatic carbocycles. The van der Waals surface area contributed by atoms with Gasteiger partial charge in [-0.05, 0) is 73.2 Å². The summed E-state index contributed by atoms with van der Waals surface area (Å²) >= 11 is 1.62. The lowest BCUT2D eigenvalue weighted by atomic mass is 10.1. The Hall–Kier alpha value is -2.42. The fraction of sp³-hybridized carbons (Fsp3) is 0.391. The molecule has 28 heavy (non-hydrogen) atoms. The molecule has 3 aromatic rings. The first-order valence-corrected chi connectivity index (χ1v) is 10.9. The van der Waals surface area contributed by atoms with Gasteiger partial charge in [-0.25, -0.2) is 0 Å². The number of rotatable bonds is 10. The van der Waals surface area contributed by atoms with Gasteiger partial charge in [0.05, 0.1) is 6.07 Å². The Morgan fingerprint density at radius 2 is 1.93 bits per heavy atom. The van der Waals surface area contributed by atoms with Crippen LogP contribution < -0.4 is 9.72 Å². The first-order valence-electron chi connectivity index (χ1n) is 10.1. The Morgan fingerprint density at radius 1 is 1.11 bits per heavy atom. The van der Waals surface area contributed by atoms with Gasteiger partial charge in [0.25, 0.3) is 0 Å². The first-order chi connectivity index (χ1) is 13.8.